The van der Waals surface area contributed by atoms with E-state index in [-0.39, 0.29) is 22.4 Å². The summed E-state index contributed by atoms with van der Waals surface area (Å²) in [5.74, 6) is 1.12. The van der Waals surface area contributed by atoms with Crippen molar-refractivity contribution < 1.29 is 23.8 Å². The van der Waals surface area contributed by atoms with E-state index in [1.54, 1.807) is 7.11 Å². The Kier molecular flexibility index (Phi) is 9.15. The van der Waals surface area contributed by atoms with Crippen LogP contribution in [0, 0.1) is 21.3 Å². The van der Waals surface area contributed by atoms with Crippen molar-refractivity contribution in [2.45, 2.75) is 79.8 Å². The van der Waals surface area contributed by atoms with Gasteiger partial charge in [-0.2, -0.15) is 0 Å². The molecule has 1 heterocycles. The van der Waals surface area contributed by atoms with Gasteiger partial charge in [-0.15, -0.1) is 0 Å². The predicted octanol–water partition coefficient (Wildman–Crippen LogP) is 7.91. The molecular weight excluding hydrogens is 653 g/mol. The molecule has 0 bridgehead atoms. The minimum atomic E-state index is -0.436. The largest absolute Gasteiger partial charge is 0.490 e. The zero-order valence-corrected chi connectivity index (χ0v) is 28.7. The summed E-state index contributed by atoms with van der Waals surface area (Å²) in [7, 11) is 1.70. The summed E-state index contributed by atoms with van der Waals surface area (Å²) in [5, 5.41) is 0. The summed E-state index contributed by atoms with van der Waals surface area (Å²) in [6, 6.07) is 12.4. The van der Waals surface area contributed by atoms with Gasteiger partial charge in [-0.25, -0.2) is 0 Å². The second-order valence-corrected chi connectivity index (χ2v) is 14.9. The Bertz CT molecular complexity index is 1450. The van der Waals surface area contributed by atoms with Crippen LogP contribution in [0.1, 0.15) is 82.9 Å². The maximum absolute atomic E-state index is 14.1. The molecule has 0 saturated heterocycles. The Hall–Kier alpha value is -2.65. The highest BCUT2D eigenvalue weighted by Crippen LogP contribution is 2.55. The number of nitrogens with zero attached hydrogens (tertiary/aromatic N) is 1. The minimum Gasteiger partial charge on any atom is -0.490 e. The zero-order valence-electron chi connectivity index (χ0n) is 26.6. The van der Waals surface area contributed by atoms with Crippen LogP contribution in [0.2, 0.25) is 0 Å². The number of methoxy groups -OCH3 is 1. The minimum absolute atomic E-state index is 0.121. The van der Waals surface area contributed by atoms with Crippen LogP contribution in [-0.4, -0.2) is 43.3 Å². The Morgan fingerprint density at radius 3 is 2.09 bits per heavy atom. The molecule has 0 unspecified atom stereocenters. The second kappa shape index (κ2) is 12.4. The monoisotopic (exact) mass is 697 g/mol. The quantitative estimate of drug-likeness (QED) is 0.248. The van der Waals surface area contributed by atoms with Crippen molar-refractivity contribution in [2.75, 3.05) is 26.9 Å². The standard InChI is InChI=1S/C36H44INO5/c1-8-42-30-16-24(15-25(37)34(30)43-21-23-11-9-10-22(2)14-23)31-32-26(17-35(3,4)19-28(32)39)38(12-13-41-7)27-18-36(5,6)20-29(40)33(27)31/h9-11,14-16,31H,8,12-13,17-21H2,1-7H3. The molecule has 230 valence electrons. The van der Waals surface area contributed by atoms with E-state index in [1.165, 1.54) is 5.56 Å². The third kappa shape index (κ3) is 6.58. The van der Waals surface area contributed by atoms with E-state index < -0.39 is 5.92 Å². The van der Waals surface area contributed by atoms with Gasteiger partial charge < -0.3 is 19.1 Å². The number of rotatable bonds is 9. The van der Waals surface area contributed by atoms with E-state index in [4.69, 9.17) is 14.2 Å². The summed E-state index contributed by atoms with van der Waals surface area (Å²) >= 11 is 2.30. The molecule has 2 aromatic carbocycles. The molecule has 43 heavy (non-hydrogen) atoms. The van der Waals surface area contributed by atoms with Gasteiger partial charge in [-0.1, -0.05) is 57.5 Å². The molecule has 0 saturated carbocycles. The van der Waals surface area contributed by atoms with Gasteiger partial charge in [0.1, 0.15) is 6.61 Å². The summed E-state index contributed by atoms with van der Waals surface area (Å²) in [4.78, 5) is 30.5. The number of carbonyl (C=O) groups is 2. The predicted molar refractivity (Wildman–Crippen MR) is 177 cm³/mol. The van der Waals surface area contributed by atoms with Crippen LogP contribution in [0.5, 0.6) is 11.5 Å². The SMILES string of the molecule is CCOc1cc(C2C3=C(CC(C)(C)CC3=O)N(CCOC)C3=C2C(=O)CC(C)(C)C3)cc(I)c1OCc1cccc(C)c1. The number of halogens is 1. The molecular formula is C36H44INO5. The van der Waals surface area contributed by atoms with E-state index in [1.807, 2.05) is 19.1 Å². The van der Waals surface area contributed by atoms with E-state index >= 15 is 0 Å². The van der Waals surface area contributed by atoms with Crippen LogP contribution >= 0.6 is 22.6 Å². The van der Waals surface area contributed by atoms with Gasteiger partial charge >= 0.3 is 0 Å². The van der Waals surface area contributed by atoms with Crippen LogP contribution in [0.25, 0.3) is 0 Å². The smallest absolute Gasteiger partial charge is 0.174 e. The number of benzene rings is 2. The molecule has 6 nitrogen and oxygen atoms in total. The van der Waals surface area contributed by atoms with Crippen molar-refractivity contribution in [3.63, 3.8) is 0 Å². The molecule has 5 rings (SSSR count). The van der Waals surface area contributed by atoms with Crippen molar-refractivity contribution in [1.82, 2.24) is 4.90 Å². The van der Waals surface area contributed by atoms with E-state index in [2.05, 4.69) is 86.4 Å². The summed E-state index contributed by atoms with van der Waals surface area (Å²) in [6.45, 7) is 14.7. The van der Waals surface area contributed by atoms with Crippen LogP contribution < -0.4 is 9.47 Å². The number of hydrogen-bond donors (Lipinski definition) is 0. The van der Waals surface area contributed by atoms with Gasteiger partial charge in [-0.3, -0.25) is 9.59 Å². The van der Waals surface area contributed by atoms with Gasteiger partial charge in [0.25, 0.3) is 0 Å². The first kappa shape index (κ1) is 31.8. The van der Waals surface area contributed by atoms with Crippen LogP contribution in [0.3, 0.4) is 0 Å². The van der Waals surface area contributed by atoms with Gasteiger partial charge in [0.2, 0.25) is 0 Å². The Morgan fingerprint density at radius 2 is 1.53 bits per heavy atom. The van der Waals surface area contributed by atoms with Crippen LogP contribution in [0.15, 0.2) is 58.9 Å². The first-order chi connectivity index (χ1) is 20.3. The third-order valence-electron chi connectivity index (χ3n) is 8.67. The highest BCUT2D eigenvalue weighted by atomic mass is 127. The normalized spacial score (nSPS) is 19.9. The van der Waals surface area contributed by atoms with E-state index in [9.17, 15) is 9.59 Å². The van der Waals surface area contributed by atoms with Crippen LogP contribution in [0.4, 0.5) is 0 Å². The zero-order chi connectivity index (χ0) is 31.1. The van der Waals surface area contributed by atoms with E-state index in [0.29, 0.717) is 50.7 Å². The Balaban J connectivity index is 1.67. The van der Waals surface area contributed by atoms with Gasteiger partial charge in [0, 0.05) is 55.0 Å². The first-order valence-corrected chi connectivity index (χ1v) is 16.4. The number of ketones is 2. The number of Topliss-reactive ketones (excluding diaryl/α,β-unsaturated/α-hetero) is 2. The van der Waals surface area contributed by atoms with Gasteiger partial charge in [0.15, 0.2) is 23.1 Å². The third-order valence-corrected chi connectivity index (χ3v) is 9.47. The topological polar surface area (TPSA) is 65.1 Å². The van der Waals surface area contributed by atoms with Crippen molar-refractivity contribution in [3.8, 4) is 11.5 Å². The fourth-order valence-electron chi connectivity index (χ4n) is 6.95. The average Bonchev–Trinajstić information content (AvgIpc) is 2.90. The van der Waals surface area contributed by atoms with Crippen LogP contribution in [-0.2, 0) is 20.9 Å². The number of hydrogen-bond acceptors (Lipinski definition) is 6. The summed E-state index contributed by atoms with van der Waals surface area (Å²) < 4.78 is 18.9. The maximum atomic E-state index is 14.1. The lowest BCUT2D eigenvalue weighted by Crippen LogP contribution is -2.45. The van der Waals surface area contributed by atoms with Crippen molar-refractivity contribution in [1.29, 1.82) is 0 Å². The lowest BCUT2D eigenvalue weighted by atomic mass is 9.63. The lowest BCUT2D eigenvalue weighted by molar-refractivity contribution is -0.119. The van der Waals surface area contributed by atoms with Crippen molar-refractivity contribution >= 4 is 34.2 Å². The molecule has 0 spiro atoms. The molecule has 0 aromatic heterocycles. The van der Waals surface area contributed by atoms with Gasteiger partial charge in [0.05, 0.1) is 16.8 Å². The number of allylic oxidation sites excluding steroid dienone is 4. The highest BCUT2D eigenvalue weighted by Gasteiger charge is 2.49. The Labute approximate surface area is 270 Å². The molecule has 0 amide bonds. The second-order valence-electron chi connectivity index (χ2n) is 13.7. The first-order valence-electron chi connectivity index (χ1n) is 15.3. The summed E-state index contributed by atoms with van der Waals surface area (Å²) in [5.41, 5.74) is 6.43. The average molecular weight is 698 g/mol. The molecule has 2 aliphatic carbocycles. The fourth-order valence-corrected chi connectivity index (χ4v) is 7.73. The lowest BCUT2D eigenvalue weighted by Gasteiger charge is -2.49. The molecule has 7 heteroatoms. The van der Waals surface area contributed by atoms with Crippen molar-refractivity contribution in [2.24, 2.45) is 10.8 Å². The molecule has 3 aliphatic rings. The molecule has 0 atom stereocenters. The maximum Gasteiger partial charge on any atom is 0.174 e. The van der Waals surface area contributed by atoms with Crippen molar-refractivity contribution in [3.05, 3.63) is 79.2 Å². The summed E-state index contributed by atoms with van der Waals surface area (Å²) in [6.07, 6.45) is 2.45. The fraction of sp³-hybridized carbons (Fsp3) is 0.500. The number of carbonyl (C=O) groups excluding carboxylic acids is 2. The molecule has 0 radical (unpaired) electrons. The Morgan fingerprint density at radius 1 is 0.907 bits per heavy atom. The molecule has 2 aromatic rings. The van der Waals surface area contributed by atoms with E-state index in [0.717, 1.165) is 50.1 Å². The number of aryl methyl sites for hydroxylation is 1. The molecule has 1 aliphatic heterocycles. The van der Waals surface area contributed by atoms with Gasteiger partial charge in [-0.05, 0) is 83.4 Å². The highest BCUT2D eigenvalue weighted by molar-refractivity contribution is 14.1. The number of ether oxygens (including phenoxy) is 3. The molecule has 0 N–H and O–H groups in total. The molecule has 0 fully saturated rings.